The van der Waals surface area contributed by atoms with Gasteiger partial charge in [0.25, 0.3) is 0 Å². The molecule has 0 N–H and O–H groups in total. The average Bonchev–Trinajstić information content (AvgIpc) is 2.46. The van der Waals surface area contributed by atoms with Crippen LogP contribution in [0.2, 0.25) is 0 Å². The van der Waals surface area contributed by atoms with Gasteiger partial charge in [-0.15, -0.1) is 0 Å². The first-order chi connectivity index (χ1) is 9.70. The standard InChI is InChI=1S/C17H18O3/c1-3-19-17(18)15-10-9-13(2)11-16(15)20-12-14-7-5-4-6-8-14/h4-11H,3,12H2,1-2H3. The van der Waals surface area contributed by atoms with Crippen molar-refractivity contribution in [1.82, 2.24) is 0 Å². The first-order valence-electron chi connectivity index (χ1n) is 6.65. The van der Waals surface area contributed by atoms with Gasteiger partial charge < -0.3 is 9.47 Å². The maximum atomic E-state index is 11.9. The lowest BCUT2D eigenvalue weighted by atomic mass is 10.1. The second-order valence-corrected chi connectivity index (χ2v) is 4.49. The zero-order chi connectivity index (χ0) is 14.4. The number of carbonyl (C=O) groups is 1. The minimum Gasteiger partial charge on any atom is -0.488 e. The monoisotopic (exact) mass is 270 g/mol. The molecule has 0 amide bonds. The number of hydrogen-bond acceptors (Lipinski definition) is 3. The van der Waals surface area contributed by atoms with Crippen LogP contribution in [0.1, 0.15) is 28.4 Å². The van der Waals surface area contributed by atoms with Crippen LogP contribution < -0.4 is 4.74 Å². The Morgan fingerprint density at radius 2 is 1.85 bits per heavy atom. The maximum absolute atomic E-state index is 11.9. The van der Waals surface area contributed by atoms with Crippen LogP contribution in [0, 0.1) is 6.92 Å². The molecule has 2 aromatic rings. The second-order valence-electron chi connectivity index (χ2n) is 4.49. The molecule has 0 unspecified atom stereocenters. The first-order valence-corrected chi connectivity index (χ1v) is 6.65. The Hall–Kier alpha value is -2.29. The summed E-state index contributed by atoms with van der Waals surface area (Å²) in [5.74, 6) is 0.211. The van der Waals surface area contributed by atoms with Crippen molar-refractivity contribution in [2.45, 2.75) is 20.5 Å². The number of carbonyl (C=O) groups excluding carboxylic acids is 1. The van der Waals surface area contributed by atoms with Crippen molar-refractivity contribution in [2.24, 2.45) is 0 Å². The van der Waals surface area contributed by atoms with Gasteiger partial charge in [-0.2, -0.15) is 0 Å². The van der Waals surface area contributed by atoms with E-state index >= 15 is 0 Å². The highest BCUT2D eigenvalue weighted by Crippen LogP contribution is 2.22. The third kappa shape index (κ3) is 3.60. The van der Waals surface area contributed by atoms with Crippen molar-refractivity contribution in [2.75, 3.05) is 6.61 Å². The molecule has 0 atom stereocenters. The lowest BCUT2D eigenvalue weighted by molar-refractivity contribution is 0.0521. The highest BCUT2D eigenvalue weighted by molar-refractivity contribution is 5.92. The van der Waals surface area contributed by atoms with Gasteiger partial charge in [-0.3, -0.25) is 0 Å². The molecule has 3 heteroatoms. The Morgan fingerprint density at radius 1 is 1.10 bits per heavy atom. The molecule has 0 saturated carbocycles. The van der Waals surface area contributed by atoms with E-state index < -0.39 is 0 Å². The number of benzene rings is 2. The quantitative estimate of drug-likeness (QED) is 0.776. The Morgan fingerprint density at radius 3 is 2.55 bits per heavy atom. The summed E-state index contributed by atoms with van der Waals surface area (Å²) >= 11 is 0. The van der Waals surface area contributed by atoms with Gasteiger partial charge in [0.1, 0.15) is 17.9 Å². The van der Waals surface area contributed by atoms with Crippen LogP contribution in [0.15, 0.2) is 48.5 Å². The molecule has 104 valence electrons. The van der Waals surface area contributed by atoms with E-state index in [0.29, 0.717) is 24.5 Å². The summed E-state index contributed by atoms with van der Waals surface area (Å²) < 4.78 is 10.8. The minimum atomic E-state index is -0.351. The Bertz CT molecular complexity index is 576. The SMILES string of the molecule is CCOC(=O)c1ccc(C)cc1OCc1ccccc1. The number of rotatable bonds is 5. The molecule has 0 aromatic heterocycles. The summed E-state index contributed by atoms with van der Waals surface area (Å²) in [5.41, 5.74) is 2.57. The molecule has 2 aromatic carbocycles. The molecule has 0 aliphatic heterocycles. The lowest BCUT2D eigenvalue weighted by Crippen LogP contribution is -2.08. The van der Waals surface area contributed by atoms with E-state index in [1.54, 1.807) is 13.0 Å². The third-order valence-electron chi connectivity index (χ3n) is 2.87. The molecule has 0 saturated heterocycles. The van der Waals surface area contributed by atoms with Crippen molar-refractivity contribution in [3.8, 4) is 5.75 Å². The zero-order valence-electron chi connectivity index (χ0n) is 11.8. The van der Waals surface area contributed by atoms with Crippen molar-refractivity contribution >= 4 is 5.97 Å². The first kappa shape index (κ1) is 14.1. The molecule has 0 bridgehead atoms. The van der Waals surface area contributed by atoms with Gasteiger partial charge in [0.15, 0.2) is 0 Å². The van der Waals surface area contributed by atoms with E-state index in [9.17, 15) is 4.79 Å². The molecule has 3 nitrogen and oxygen atoms in total. The lowest BCUT2D eigenvalue weighted by Gasteiger charge is -2.11. The molecular weight excluding hydrogens is 252 g/mol. The number of ether oxygens (including phenoxy) is 2. The average molecular weight is 270 g/mol. The Balaban J connectivity index is 2.17. The van der Waals surface area contributed by atoms with Crippen LogP contribution >= 0.6 is 0 Å². The topological polar surface area (TPSA) is 35.5 Å². The third-order valence-corrected chi connectivity index (χ3v) is 2.87. The highest BCUT2D eigenvalue weighted by Gasteiger charge is 2.13. The normalized spacial score (nSPS) is 10.1. The molecule has 20 heavy (non-hydrogen) atoms. The van der Waals surface area contributed by atoms with Crippen molar-refractivity contribution in [1.29, 1.82) is 0 Å². The molecular formula is C17H18O3. The van der Waals surface area contributed by atoms with Gasteiger partial charge in [0, 0.05) is 0 Å². The van der Waals surface area contributed by atoms with E-state index in [0.717, 1.165) is 11.1 Å². The van der Waals surface area contributed by atoms with E-state index in [1.165, 1.54) is 0 Å². The van der Waals surface area contributed by atoms with Gasteiger partial charge in [-0.25, -0.2) is 4.79 Å². The van der Waals surface area contributed by atoms with Gasteiger partial charge in [-0.1, -0.05) is 36.4 Å². The largest absolute Gasteiger partial charge is 0.488 e. The fraction of sp³-hybridized carbons (Fsp3) is 0.235. The molecule has 0 radical (unpaired) electrons. The highest BCUT2D eigenvalue weighted by atomic mass is 16.5. The molecule has 2 rings (SSSR count). The Kier molecular flexibility index (Phi) is 4.77. The van der Waals surface area contributed by atoms with Crippen LogP contribution in [0.25, 0.3) is 0 Å². The van der Waals surface area contributed by atoms with Gasteiger partial charge in [0.05, 0.1) is 6.61 Å². The summed E-state index contributed by atoms with van der Waals surface area (Å²) in [5, 5.41) is 0. The predicted octanol–water partition coefficient (Wildman–Crippen LogP) is 3.75. The number of hydrogen-bond donors (Lipinski definition) is 0. The van der Waals surface area contributed by atoms with Gasteiger partial charge in [-0.05, 0) is 37.1 Å². The fourth-order valence-electron chi connectivity index (χ4n) is 1.86. The van der Waals surface area contributed by atoms with Crippen LogP contribution in [0.3, 0.4) is 0 Å². The van der Waals surface area contributed by atoms with E-state index in [1.807, 2.05) is 49.4 Å². The summed E-state index contributed by atoms with van der Waals surface area (Å²) in [4.78, 5) is 11.9. The maximum Gasteiger partial charge on any atom is 0.341 e. The second kappa shape index (κ2) is 6.75. The molecule has 0 spiro atoms. The van der Waals surface area contributed by atoms with Crippen molar-refractivity contribution < 1.29 is 14.3 Å². The molecule has 0 aliphatic rings. The number of aryl methyl sites for hydroxylation is 1. The molecule has 0 heterocycles. The zero-order valence-corrected chi connectivity index (χ0v) is 11.8. The van der Waals surface area contributed by atoms with Crippen LogP contribution in [-0.4, -0.2) is 12.6 Å². The van der Waals surface area contributed by atoms with Crippen LogP contribution in [-0.2, 0) is 11.3 Å². The van der Waals surface area contributed by atoms with Crippen molar-refractivity contribution in [3.63, 3.8) is 0 Å². The summed E-state index contributed by atoms with van der Waals surface area (Å²) in [6, 6.07) is 15.3. The van der Waals surface area contributed by atoms with E-state index in [2.05, 4.69) is 0 Å². The summed E-state index contributed by atoms with van der Waals surface area (Å²) in [7, 11) is 0. The minimum absolute atomic E-state index is 0.351. The summed E-state index contributed by atoms with van der Waals surface area (Å²) in [6.07, 6.45) is 0. The smallest absolute Gasteiger partial charge is 0.341 e. The van der Waals surface area contributed by atoms with Gasteiger partial charge in [0.2, 0.25) is 0 Å². The molecule has 0 aliphatic carbocycles. The van der Waals surface area contributed by atoms with Crippen LogP contribution in [0.4, 0.5) is 0 Å². The van der Waals surface area contributed by atoms with Crippen LogP contribution in [0.5, 0.6) is 5.75 Å². The Labute approximate surface area is 119 Å². The van der Waals surface area contributed by atoms with E-state index in [-0.39, 0.29) is 5.97 Å². The van der Waals surface area contributed by atoms with Crippen molar-refractivity contribution in [3.05, 3.63) is 65.2 Å². The predicted molar refractivity (Wildman–Crippen MR) is 77.9 cm³/mol. The van der Waals surface area contributed by atoms with E-state index in [4.69, 9.17) is 9.47 Å². The summed E-state index contributed by atoms with van der Waals surface area (Å²) in [6.45, 7) is 4.53. The van der Waals surface area contributed by atoms with Gasteiger partial charge >= 0.3 is 5.97 Å². The number of esters is 1. The fourth-order valence-corrected chi connectivity index (χ4v) is 1.86. The molecule has 0 fully saturated rings.